The summed E-state index contributed by atoms with van der Waals surface area (Å²) in [6.45, 7) is 0.678. The third-order valence-electron chi connectivity index (χ3n) is 4.62. The summed E-state index contributed by atoms with van der Waals surface area (Å²) >= 11 is 6.12. The van der Waals surface area contributed by atoms with Crippen molar-refractivity contribution in [3.63, 3.8) is 0 Å². The van der Waals surface area contributed by atoms with Crippen LogP contribution in [0.15, 0.2) is 36.4 Å². The standard InChI is InChI=1S/C22H29ClN2O7S/c1-29-16-7-5-8-17(13-16)32-12-10-24-22(26)9-6-11-25(33(4,27)28)19-15-20(30-2)18(23)14-21(19)31-3/h5,7-8,13-15H,6,9-12H2,1-4H3,(H,24,26). The van der Waals surface area contributed by atoms with Gasteiger partial charge in [-0.25, -0.2) is 8.42 Å². The fourth-order valence-electron chi connectivity index (χ4n) is 3.03. The molecule has 0 radical (unpaired) electrons. The lowest BCUT2D eigenvalue weighted by molar-refractivity contribution is -0.121. The summed E-state index contributed by atoms with van der Waals surface area (Å²) in [5, 5.41) is 3.05. The van der Waals surface area contributed by atoms with Gasteiger partial charge in [-0.3, -0.25) is 9.10 Å². The highest BCUT2D eigenvalue weighted by Crippen LogP contribution is 2.39. The summed E-state index contributed by atoms with van der Waals surface area (Å²) in [5.41, 5.74) is 0.286. The van der Waals surface area contributed by atoms with Crippen molar-refractivity contribution in [2.24, 2.45) is 0 Å². The predicted molar refractivity (Wildman–Crippen MR) is 127 cm³/mol. The van der Waals surface area contributed by atoms with Crippen LogP contribution in [0.2, 0.25) is 5.02 Å². The molecule has 0 saturated heterocycles. The first kappa shape index (κ1) is 26.4. The van der Waals surface area contributed by atoms with E-state index in [-0.39, 0.29) is 36.9 Å². The number of rotatable bonds is 13. The Morgan fingerprint density at radius 2 is 1.73 bits per heavy atom. The van der Waals surface area contributed by atoms with Crippen LogP contribution >= 0.6 is 11.6 Å². The molecule has 0 heterocycles. The molecule has 0 unspecified atom stereocenters. The summed E-state index contributed by atoms with van der Waals surface area (Å²) in [5.74, 6) is 1.71. The second-order valence-electron chi connectivity index (χ2n) is 6.97. The molecule has 0 spiro atoms. The highest BCUT2D eigenvalue weighted by Gasteiger charge is 2.23. The topological polar surface area (TPSA) is 103 Å². The molecule has 2 rings (SSSR count). The maximum absolute atomic E-state index is 12.4. The van der Waals surface area contributed by atoms with E-state index < -0.39 is 10.0 Å². The maximum Gasteiger partial charge on any atom is 0.232 e. The zero-order valence-corrected chi connectivity index (χ0v) is 20.7. The zero-order valence-electron chi connectivity index (χ0n) is 19.1. The number of carbonyl (C=O) groups excluding carboxylic acids is 1. The van der Waals surface area contributed by atoms with Crippen LogP contribution in [0, 0.1) is 0 Å². The molecule has 182 valence electrons. The molecule has 0 fully saturated rings. The Bertz CT molecular complexity index is 1050. The van der Waals surface area contributed by atoms with Gasteiger partial charge < -0.3 is 24.3 Å². The molecule has 9 nitrogen and oxygen atoms in total. The fraction of sp³-hybridized carbons (Fsp3) is 0.409. The summed E-state index contributed by atoms with van der Waals surface area (Å²) in [6.07, 6.45) is 1.52. The number of hydrogen-bond donors (Lipinski definition) is 1. The minimum atomic E-state index is -3.65. The second-order valence-corrected chi connectivity index (χ2v) is 9.29. The van der Waals surface area contributed by atoms with E-state index in [0.29, 0.717) is 35.2 Å². The van der Waals surface area contributed by atoms with E-state index in [4.69, 9.17) is 30.5 Å². The molecule has 2 aromatic carbocycles. The number of methoxy groups -OCH3 is 3. The first-order valence-corrected chi connectivity index (χ1v) is 12.3. The largest absolute Gasteiger partial charge is 0.497 e. The highest BCUT2D eigenvalue weighted by molar-refractivity contribution is 7.92. The van der Waals surface area contributed by atoms with Crippen molar-refractivity contribution in [1.29, 1.82) is 0 Å². The molecule has 1 amide bonds. The van der Waals surface area contributed by atoms with Crippen LogP contribution in [0.1, 0.15) is 12.8 Å². The summed E-state index contributed by atoms with van der Waals surface area (Å²) < 4.78 is 47.2. The zero-order chi connectivity index (χ0) is 24.4. The quantitative estimate of drug-likeness (QED) is 0.421. The van der Waals surface area contributed by atoms with Gasteiger partial charge in [0.2, 0.25) is 15.9 Å². The number of carbonyl (C=O) groups is 1. The van der Waals surface area contributed by atoms with Crippen LogP contribution < -0.4 is 28.6 Å². The summed E-state index contributed by atoms with van der Waals surface area (Å²) in [7, 11) is 0.777. The number of nitrogens with one attached hydrogen (secondary N) is 1. The van der Waals surface area contributed by atoms with Gasteiger partial charge in [-0.2, -0.15) is 0 Å². The fourth-order valence-corrected chi connectivity index (χ4v) is 4.22. The Morgan fingerprint density at radius 1 is 1.03 bits per heavy atom. The number of nitrogens with zero attached hydrogens (tertiary/aromatic N) is 1. The van der Waals surface area contributed by atoms with Crippen molar-refractivity contribution in [2.45, 2.75) is 12.8 Å². The van der Waals surface area contributed by atoms with Gasteiger partial charge >= 0.3 is 0 Å². The van der Waals surface area contributed by atoms with Gasteiger partial charge in [0.25, 0.3) is 0 Å². The molecule has 0 aliphatic rings. The van der Waals surface area contributed by atoms with Crippen molar-refractivity contribution in [1.82, 2.24) is 5.32 Å². The SMILES string of the molecule is COc1cccc(OCCNC(=O)CCCN(c2cc(OC)c(Cl)cc2OC)S(C)(=O)=O)c1. The number of anilines is 1. The van der Waals surface area contributed by atoms with E-state index in [0.717, 1.165) is 6.26 Å². The van der Waals surface area contributed by atoms with Crippen LogP contribution in [0.3, 0.4) is 0 Å². The third-order valence-corrected chi connectivity index (χ3v) is 6.10. The van der Waals surface area contributed by atoms with E-state index in [1.807, 2.05) is 12.1 Å². The Labute approximate surface area is 199 Å². The lowest BCUT2D eigenvalue weighted by atomic mass is 10.2. The van der Waals surface area contributed by atoms with Gasteiger partial charge in [0.05, 0.1) is 44.8 Å². The van der Waals surface area contributed by atoms with Crippen molar-refractivity contribution in [3.05, 3.63) is 41.4 Å². The van der Waals surface area contributed by atoms with Gasteiger partial charge in [0.15, 0.2) is 0 Å². The van der Waals surface area contributed by atoms with Crippen LogP contribution in [0.4, 0.5) is 5.69 Å². The molecule has 0 aliphatic carbocycles. The van der Waals surface area contributed by atoms with Gasteiger partial charge in [0.1, 0.15) is 29.6 Å². The average Bonchev–Trinajstić information content (AvgIpc) is 2.79. The lowest BCUT2D eigenvalue weighted by Crippen LogP contribution is -2.33. The summed E-state index contributed by atoms with van der Waals surface area (Å²) in [6, 6.07) is 10.2. The highest BCUT2D eigenvalue weighted by atomic mass is 35.5. The molecule has 0 aromatic heterocycles. The van der Waals surface area contributed by atoms with E-state index in [1.54, 1.807) is 19.2 Å². The van der Waals surface area contributed by atoms with Gasteiger partial charge in [-0.15, -0.1) is 0 Å². The number of sulfonamides is 1. The van der Waals surface area contributed by atoms with Gasteiger partial charge in [-0.05, 0) is 18.6 Å². The number of benzene rings is 2. The van der Waals surface area contributed by atoms with E-state index in [1.165, 1.54) is 30.7 Å². The van der Waals surface area contributed by atoms with Crippen LogP contribution in [0.5, 0.6) is 23.0 Å². The Hall–Kier alpha value is -2.85. The Morgan fingerprint density at radius 3 is 2.36 bits per heavy atom. The van der Waals surface area contributed by atoms with Crippen molar-refractivity contribution >= 4 is 33.2 Å². The molecule has 0 saturated carbocycles. The number of ether oxygens (including phenoxy) is 4. The molecule has 0 aliphatic heterocycles. The van der Waals surface area contributed by atoms with Crippen LogP contribution in [0.25, 0.3) is 0 Å². The number of hydrogen-bond acceptors (Lipinski definition) is 7. The first-order chi connectivity index (χ1) is 15.7. The predicted octanol–water partition coefficient (Wildman–Crippen LogP) is 3.11. The molecule has 1 N–H and O–H groups in total. The minimum absolute atomic E-state index is 0.0771. The monoisotopic (exact) mass is 500 g/mol. The number of halogens is 1. The van der Waals surface area contributed by atoms with Crippen molar-refractivity contribution < 1.29 is 32.2 Å². The number of amides is 1. The first-order valence-electron chi connectivity index (χ1n) is 10.1. The van der Waals surface area contributed by atoms with Gasteiger partial charge in [-0.1, -0.05) is 17.7 Å². The van der Waals surface area contributed by atoms with Crippen molar-refractivity contribution in [3.8, 4) is 23.0 Å². The molecule has 11 heteroatoms. The molecular formula is C22H29ClN2O7S. The minimum Gasteiger partial charge on any atom is -0.497 e. The average molecular weight is 501 g/mol. The second kappa shape index (κ2) is 12.4. The normalized spacial score (nSPS) is 10.9. The van der Waals surface area contributed by atoms with E-state index in [9.17, 15) is 13.2 Å². The smallest absolute Gasteiger partial charge is 0.232 e. The van der Waals surface area contributed by atoms with Crippen LogP contribution in [-0.4, -0.2) is 61.6 Å². The maximum atomic E-state index is 12.4. The van der Waals surface area contributed by atoms with Gasteiger partial charge in [0, 0.05) is 31.2 Å². The molecule has 0 atom stereocenters. The molecule has 2 aromatic rings. The molecular weight excluding hydrogens is 472 g/mol. The van der Waals surface area contributed by atoms with Crippen molar-refractivity contribution in [2.75, 3.05) is 51.6 Å². The van der Waals surface area contributed by atoms with E-state index >= 15 is 0 Å². The molecule has 33 heavy (non-hydrogen) atoms. The summed E-state index contributed by atoms with van der Waals surface area (Å²) in [4.78, 5) is 12.2. The van der Waals surface area contributed by atoms with E-state index in [2.05, 4.69) is 5.32 Å². The Kier molecular flexibility index (Phi) is 9.93. The third kappa shape index (κ3) is 7.90. The van der Waals surface area contributed by atoms with Crippen LogP contribution in [-0.2, 0) is 14.8 Å². The Balaban J connectivity index is 1.90. The molecule has 0 bridgehead atoms. The lowest BCUT2D eigenvalue weighted by Gasteiger charge is -2.25.